The lowest BCUT2D eigenvalue weighted by molar-refractivity contribution is 0.584. The second-order valence-electron chi connectivity index (χ2n) is 5.88. The third kappa shape index (κ3) is 2.78. The van der Waals surface area contributed by atoms with Crippen molar-refractivity contribution >= 4 is 16.1 Å². The molecule has 0 N–H and O–H groups in total. The number of benzene rings is 2. The second-order valence-corrected chi connectivity index (χ2v) is 7.69. The highest BCUT2D eigenvalue weighted by molar-refractivity contribution is 7.90. The minimum absolute atomic E-state index is 0.0709. The molecular weight excluding hydrogens is 339 g/mol. The maximum absolute atomic E-state index is 13.4. The lowest BCUT2D eigenvalue weighted by Gasteiger charge is -2.14. The van der Waals surface area contributed by atoms with Crippen LogP contribution in [0.4, 0.5) is 4.39 Å². The summed E-state index contributed by atoms with van der Waals surface area (Å²) in [6, 6.07) is 16.4. The standard InChI is InChI=1S/C19H15FN2O2S/c20-17-6-4-5-14(12-17)16-11-15-9-10-22(19(15)21-13-16)25(23,24)18-7-2-1-3-8-18/h1-12,16H,13H2. The summed E-state index contributed by atoms with van der Waals surface area (Å²) in [5.74, 6) is -0.362. The second kappa shape index (κ2) is 5.97. The van der Waals surface area contributed by atoms with Crippen molar-refractivity contribution in [3.8, 4) is 0 Å². The fourth-order valence-corrected chi connectivity index (χ4v) is 4.34. The molecule has 4 rings (SSSR count). The van der Waals surface area contributed by atoms with E-state index in [9.17, 15) is 12.8 Å². The highest BCUT2D eigenvalue weighted by atomic mass is 32.2. The van der Waals surface area contributed by atoms with Gasteiger partial charge < -0.3 is 0 Å². The van der Waals surface area contributed by atoms with Crippen LogP contribution in [0.3, 0.4) is 0 Å². The van der Waals surface area contributed by atoms with Gasteiger partial charge in [-0.15, -0.1) is 0 Å². The molecule has 0 aliphatic carbocycles. The molecule has 1 aliphatic heterocycles. The summed E-state index contributed by atoms with van der Waals surface area (Å²) in [6.45, 7) is 0.380. The van der Waals surface area contributed by atoms with Gasteiger partial charge in [0.25, 0.3) is 10.0 Å². The van der Waals surface area contributed by atoms with Crippen LogP contribution in [0.1, 0.15) is 11.5 Å². The molecule has 6 heteroatoms. The van der Waals surface area contributed by atoms with Gasteiger partial charge in [-0.3, -0.25) is 4.99 Å². The van der Waals surface area contributed by atoms with Crippen LogP contribution in [-0.2, 0) is 10.0 Å². The third-order valence-electron chi connectivity index (χ3n) is 4.25. The fraction of sp³-hybridized carbons (Fsp3) is 0.105. The number of aromatic nitrogens is 1. The molecule has 0 saturated carbocycles. The van der Waals surface area contributed by atoms with Gasteiger partial charge in [0.15, 0.2) is 0 Å². The predicted molar refractivity (Wildman–Crippen MR) is 92.7 cm³/mol. The smallest absolute Gasteiger partial charge is 0.266 e. The van der Waals surface area contributed by atoms with Crippen molar-refractivity contribution in [3.63, 3.8) is 0 Å². The molecule has 0 saturated heterocycles. The molecule has 0 fully saturated rings. The van der Waals surface area contributed by atoms with E-state index in [1.54, 1.807) is 42.5 Å². The van der Waals surface area contributed by atoms with Gasteiger partial charge in [0.1, 0.15) is 11.3 Å². The van der Waals surface area contributed by atoms with Gasteiger partial charge in [0.05, 0.1) is 11.4 Å². The molecule has 1 unspecified atom stereocenters. The molecule has 1 aromatic heterocycles. The minimum Gasteiger partial charge on any atom is -0.266 e. The van der Waals surface area contributed by atoms with Crippen LogP contribution >= 0.6 is 0 Å². The molecule has 126 valence electrons. The molecule has 3 aromatic rings. The molecule has 0 amide bonds. The maximum Gasteiger partial charge on any atom is 0.269 e. The Balaban J connectivity index is 1.79. The zero-order valence-electron chi connectivity index (χ0n) is 13.2. The van der Waals surface area contributed by atoms with Crippen LogP contribution in [-0.4, -0.2) is 18.9 Å². The average Bonchev–Trinajstić information content (AvgIpc) is 3.06. The van der Waals surface area contributed by atoms with Crippen LogP contribution in [0.15, 0.2) is 76.7 Å². The van der Waals surface area contributed by atoms with Gasteiger partial charge in [-0.05, 0) is 35.9 Å². The van der Waals surface area contributed by atoms with Crippen LogP contribution in [0.5, 0.6) is 0 Å². The summed E-state index contributed by atoms with van der Waals surface area (Å²) in [4.78, 5) is 4.68. The van der Waals surface area contributed by atoms with E-state index in [0.717, 1.165) is 10.8 Å². The van der Waals surface area contributed by atoms with E-state index in [1.165, 1.54) is 22.3 Å². The van der Waals surface area contributed by atoms with Crippen molar-refractivity contribution in [3.05, 3.63) is 88.9 Å². The Kier molecular flexibility index (Phi) is 3.77. The number of fused-ring (bicyclic) bond motifs is 1. The van der Waals surface area contributed by atoms with Gasteiger partial charge in [-0.2, -0.15) is 0 Å². The summed E-state index contributed by atoms with van der Waals surface area (Å²) in [6.07, 6.45) is 3.45. The van der Waals surface area contributed by atoms with Crippen molar-refractivity contribution < 1.29 is 12.8 Å². The summed E-state index contributed by atoms with van der Waals surface area (Å²) in [5, 5.41) is 0.736. The van der Waals surface area contributed by atoms with Crippen molar-refractivity contribution in [2.24, 2.45) is 4.99 Å². The van der Waals surface area contributed by atoms with Gasteiger partial charge in [-0.1, -0.05) is 36.4 Å². The molecule has 0 bridgehead atoms. The summed E-state index contributed by atoms with van der Waals surface area (Å²) >= 11 is 0. The first-order valence-electron chi connectivity index (χ1n) is 7.85. The van der Waals surface area contributed by atoms with Gasteiger partial charge >= 0.3 is 0 Å². The highest BCUT2D eigenvalue weighted by Gasteiger charge is 2.20. The Morgan fingerprint density at radius 3 is 2.60 bits per heavy atom. The first-order chi connectivity index (χ1) is 12.1. The average molecular weight is 354 g/mol. The van der Waals surface area contributed by atoms with Gasteiger partial charge in [0.2, 0.25) is 0 Å². The van der Waals surface area contributed by atoms with Gasteiger partial charge in [0, 0.05) is 17.3 Å². The van der Waals surface area contributed by atoms with Crippen molar-refractivity contribution in [1.82, 2.24) is 3.97 Å². The van der Waals surface area contributed by atoms with E-state index < -0.39 is 10.0 Å². The van der Waals surface area contributed by atoms with Crippen LogP contribution in [0.25, 0.3) is 6.08 Å². The Bertz CT molecular complexity index is 1150. The first-order valence-corrected chi connectivity index (χ1v) is 9.29. The SMILES string of the molecule is O=S(=O)(c1ccccc1)n1ccc2c1=NCC(c1cccc(F)c1)C=2. The quantitative estimate of drug-likeness (QED) is 0.723. The normalized spacial score (nSPS) is 16.6. The zero-order valence-corrected chi connectivity index (χ0v) is 14.0. The molecule has 2 aromatic carbocycles. The Morgan fingerprint density at radius 2 is 1.84 bits per heavy atom. The first kappa shape index (κ1) is 15.8. The van der Waals surface area contributed by atoms with Crippen LogP contribution < -0.4 is 10.7 Å². The number of hydrogen-bond donors (Lipinski definition) is 0. The molecule has 0 spiro atoms. The van der Waals surface area contributed by atoms with Crippen LogP contribution in [0, 0.1) is 5.82 Å². The topological polar surface area (TPSA) is 51.4 Å². The zero-order chi connectivity index (χ0) is 17.4. The number of rotatable bonds is 3. The van der Waals surface area contributed by atoms with E-state index in [1.807, 2.05) is 12.1 Å². The molecule has 0 radical (unpaired) electrons. The monoisotopic (exact) mass is 354 g/mol. The van der Waals surface area contributed by atoms with Crippen molar-refractivity contribution in [2.45, 2.75) is 10.8 Å². The maximum atomic E-state index is 13.4. The van der Waals surface area contributed by atoms with E-state index in [2.05, 4.69) is 4.99 Å². The highest BCUT2D eigenvalue weighted by Crippen LogP contribution is 2.20. The fourth-order valence-electron chi connectivity index (χ4n) is 3.00. The van der Waals surface area contributed by atoms with Crippen LogP contribution in [0.2, 0.25) is 0 Å². The Morgan fingerprint density at radius 1 is 1.04 bits per heavy atom. The minimum atomic E-state index is -3.68. The molecule has 1 atom stereocenters. The molecular formula is C19H15FN2O2S. The van der Waals surface area contributed by atoms with Gasteiger partial charge in [-0.25, -0.2) is 16.8 Å². The summed E-state index contributed by atoms with van der Waals surface area (Å²) < 4.78 is 40.2. The lowest BCUT2D eigenvalue weighted by atomic mass is 9.97. The molecule has 1 aliphatic rings. The summed E-state index contributed by atoms with van der Waals surface area (Å²) in [5.41, 5.74) is 1.24. The van der Waals surface area contributed by atoms with Crippen molar-refractivity contribution in [2.75, 3.05) is 6.54 Å². The summed E-state index contributed by atoms with van der Waals surface area (Å²) in [7, 11) is -3.68. The Labute approximate surface area is 144 Å². The molecule has 4 nitrogen and oxygen atoms in total. The van der Waals surface area contributed by atoms with E-state index in [4.69, 9.17) is 0 Å². The van der Waals surface area contributed by atoms with E-state index >= 15 is 0 Å². The lowest BCUT2D eigenvalue weighted by Crippen LogP contribution is -2.36. The molecule has 2 heterocycles. The number of nitrogens with zero attached hydrogens (tertiary/aromatic N) is 2. The van der Waals surface area contributed by atoms with E-state index in [0.29, 0.717) is 12.0 Å². The van der Waals surface area contributed by atoms with Crippen molar-refractivity contribution in [1.29, 1.82) is 0 Å². The molecule has 25 heavy (non-hydrogen) atoms. The Hall–Kier alpha value is -2.73. The number of halogens is 1. The largest absolute Gasteiger partial charge is 0.269 e. The predicted octanol–water partition coefficient (Wildman–Crippen LogP) is 2.06. The number of hydrogen-bond acceptors (Lipinski definition) is 3. The van der Waals surface area contributed by atoms with E-state index in [-0.39, 0.29) is 16.6 Å². The third-order valence-corrected chi connectivity index (χ3v) is 5.93.